The molecule has 0 aliphatic carbocycles. The van der Waals surface area contributed by atoms with Gasteiger partial charge in [0.1, 0.15) is 5.75 Å². The zero-order chi connectivity index (χ0) is 26.2. The third kappa shape index (κ3) is 7.48. The van der Waals surface area contributed by atoms with Crippen molar-refractivity contribution in [1.29, 1.82) is 5.41 Å². The largest absolute Gasteiger partial charge is 0.497 e. The molecule has 3 N–H and O–H groups in total. The highest BCUT2D eigenvalue weighted by Crippen LogP contribution is 2.22. The quantitative estimate of drug-likeness (QED) is 0.352. The predicted octanol–water partition coefficient (Wildman–Crippen LogP) is 3.54. The van der Waals surface area contributed by atoms with Crippen LogP contribution in [0.25, 0.3) is 11.8 Å². The van der Waals surface area contributed by atoms with Crippen molar-refractivity contribution in [3.8, 4) is 5.75 Å². The predicted molar refractivity (Wildman–Crippen MR) is 147 cm³/mol. The smallest absolute Gasteiger partial charge is 0.223 e. The van der Waals surface area contributed by atoms with E-state index in [2.05, 4.69) is 15.2 Å². The summed E-state index contributed by atoms with van der Waals surface area (Å²) >= 11 is 1.36. The molecule has 1 saturated heterocycles. The second-order valence-corrected chi connectivity index (χ2v) is 10.3. The summed E-state index contributed by atoms with van der Waals surface area (Å²) in [6.07, 6.45) is 7.59. The average molecular weight is 525 g/mol. The molecule has 1 aromatic carbocycles. The molecule has 0 bridgehead atoms. The van der Waals surface area contributed by atoms with Gasteiger partial charge in [0.15, 0.2) is 4.80 Å². The molecule has 198 valence electrons. The van der Waals surface area contributed by atoms with E-state index in [1.807, 2.05) is 66.4 Å². The van der Waals surface area contributed by atoms with Gasteiger partial charge in [-0.05, 0) is 63.1 Å². The van der Waals surface area contributed by atoms with Crippen LogP contribution in [0.1, 0.15) is 37.9 Å². The van der Waals surface area contributed by atoms with E-state index in [9.17, 15) is 5.11 Å². The Hall–Kier alpha value is -3.05. The molecule has 1 aliphatic heterocycles. The first-order valence-electron chi connectivity index (χ1n) is 12.6. The maximum Gasteiger partial charge on any atom is 0.223 e. The first-order valence-corrected chi connectivity index (χ1v) is 13.5. The molecule has 1 aliphatic rings. The summed E-state index contributed by atoms with van der Waals surface area (Å²) < 4.78 is 13.0. The van der Waals surface area contributed by atoms with Crippen molar-refractivity contribution >= 4 is 29.1 Å². The van der Waals surface area contributed by atoms with Gasteiger partial charge in [-0.1, -0.05) is 12.1 Å². The number of hydrogen-bond donors (Lipinski definition) is 3. The highest BCUT2D eigenvalue weighted by molar-refractivity contribution is 7.07. The fraction of sp³-hybridized carbons (Fsp3) is 0.444. The molecule has 10 heteroatoms. The number of nitrogens with zero attached hydrogens (tertiary/aromatic N) is 4. The van der Waals surface area contributed by atoms with Crippen molar-refractivity contribution in [2.24, 2.45) is 0 Å². The fourth-order valence-corrected chi connectivity index (χ4v) is 5.12. The molecular weight excluding hydrogens is 488 g/mol. The van der Waals surface area contributed by atoms with E-state index in [4.69, 9.17) is 19.9 Å². The van der Waals surface area contributed by atoms with Crippen LogP contribution >= 0.6 is 11.3 Å². The number of ether oxygens (including phenoxy) is 2. The van der Waals surface area contributed by atoms with Gasteiger partial charge in [0, 0.05) is 36.9 Å². The molecule has 9 nitrogen and oxygen atoms in total. The number of aliphatic hydroxyl groups excluding tert-OH is 1. The minimum Gasteiger partial charge on any atom is -0.497 e. The summed E-state index contributed by atoms with van der Waals surface area (Å²) in [5, 5.41) is 23.5. The van der Waals surface area contributed by atoms with Gasteiger partial charge < -0.3 is 19.9 Å². The molecule has 2 atom stereocenters. The monoisotopic (exact) mass is 524 g/mol. The lowest BCUT2D eigenvalue weighted by Gasteiger charge is -2.35. The topological polar surface area (TPSA) is 109 Å². The van der Waals surface area contributed by atoms with Crippen LogP contribution in [-0.2, 0) is 4.74 Å². The molecule has 4 rings (SSSR count). The van der Waals surface area contributed by atoms with E-state index in [1.54, 1.807) is 13.3 Å². The normalized spacial score (nSPS) is 17.6. The first kappa shape index (κ1) is 27.0. The Morgan fingerprint density at radius 2 is 2.22 bits per heavy atom. The van der Waals surface area contributed by atoms with E-state index in [0.29, 0.717) is 17.3 Å². The van der Waals surface area contributed by atoms with E-state index >= 15 is 0 Å². The summed E-state index contributed by atoms with van der Waals surface area (Å²) in [7, 11) is 1.65. The summed E-state index contributed by atoms with van der Waals surface area (Å²) in [6.45, 7) is 6.49. The van der Waals surface area contributed by atoms with E-state index in [-0.39, 0.29) is 24.9 Å². The number of likely N-dealkylation sites (tertiary alicyclic amines) is 1. The van der Waals surface area contributed by atoms with Gasteiger partial charge >= 0.3 is 0 Å². The Morgan fingerprint density at radius 1 is 1.35 bits per heavy atom. The van der Waals surface area contributed by atoms with Gasteiger partial charge in [-0.3, -0.25) is 14.9 Å². The van der Waals surface area contributed by atoms with Crippen LogP contribution in [-0.4, -0.2) is 76.1 Å². The van der Waals surface area contributed by atoms with Gasteiger partial charge in [0.25, 0.3) is 0 Å². The standard InChI is InChI=1S/C27H36N6O3S/c1-19(2)36-23(18-34)17-32-11-5-7-21(16-32)30-27-29-10-9-24(31-27)25(33-12-13-37-26(33)28)15-20-6-4-8-22(14-20)35-3/h4,6,8-10,12-15,19,21,23,28,34H,5,7,11,16-18H2,1-3H3,(H,29,30,31)/b25-15+,28-26?/t21?,23-/m1/s1. The molecule has 3 heterocycles. The molecule has 1 fully saturated rings. The van der Waals surface area contributed by atoms with Crippen molar-refractivity contribution in [1.82, 2.24) is 19.4 Å². The summed E-state index contributed by atoms with van der Waals surface area (Å²) in [5.41, 5.74) is 2.45. The Morgan fingerprint density at radius 3 is 2.95 bits per heavy atom. The fourth-order valence-electron chi connectivity index (χ4n) is 4.54. The van der Waals surface area contributed by atoms with Crippen molar-refractivity contribution in [3.63, 3.8) is 0 Å². The van der Waals surface area contributed by atoms with Crippen molar-refractivity contribution in [2.75, 3.05) is 38.7 Å². The number of hydrogen-bond acceptors (Lipinski definition) is 9. The Bertz CT molecular complexity index is 1240. The minimum absolute atomic E-state index is 0.0125. The highest BCUT2D eigenvalue weighted by atomic mass is 32.1. The van der Waals surface area contributed by atoms with Crippen molar-refractivity contribution in [2.45, 2.75) is 44.9 Å². The van der Waals surface area contributed by atoms with Crippen molar-refractivity contribution < 1.29 is 14.6 Å². The second kappa shape index (κ2) is 13.0. The highest BCUT2D eigenvalue weighted by Gasteiger charge is 2.24. The molecule has 0 spiro atoms. The number of nitrogens with one attached hydrogen (secondary N) is 2. The summed E-state index contributed by atoms with van der Waals surface area (Å²) in [4.78, 5) is 12.1. The summed E-state index contributed by atoms with van der Waals surface area (Å²) in [5.74, 6) is 1.32. The van der Waals surface area contributed by atoms with Gasteiger partial charge in [-0.25, -0.2) is 9.97 Å². The Kier molecular flexibility index (Phi) is 9.45. The lowest BCUT2D eigenvalue weighted by molar-refractivity contribution is -0.0420. The van der Waals surface area contributed by atoms with Crippen LogP contribution in [0.4, 0.5) is 5.95 Å². The molecule has 37 heavy (non-hydrogen) atoms. The van der Waals surface area contributed by atoms with Gasteiger partial charge in [0.2, 0.25) is 5.95 Å². The lowest BCUT2D eigenvalue weighted by atomic mass is 10.1. The van der Waals surface area contributed by atoms with E-state index in [1.165, 1.54) is 11.3 Å². The third-order valence-electron chi connectivity index (χ3n) is 6.15. The molecule has 1 unspecified atom stereocenters. The van der Waals surface area contributed by atoms with Crippen LogP contribution in [0.15, 0.2) is 48.1 Å². The molecule has 2 aromatic heterocycles. The number of aliphatic hydroxyl groups is 1. The van der Waals surface area contributed by atoms with Crippen LogP contribution < -0.4 is 14.9 Å². The van der Waals surface area contributed by atoms with Gasteiger partial charge in [-0.2, -0.15) is 0 Å². The summed E-state index contributed by atoms with van der Waals surface area (Å²) in [6, 6.07) is 9.85. The van der Waals surface area contributed by atoms with Crippen LogP contribution in [0.2, 0.25) is 0 Å². The number of rotatable bonds is 11. The van der Waals surface area contributed by atoms with Crippen LogP contribution in [0.3, 0.4) is 0 Å². The average Bonchev–Trinajstić information content (AvgIpc) is 3.32. The third-order valence-corrected chi connectivity index (χ3v) is 6.83. The number of methoxy groups -OCH3 is 1. The molecule has 0 radical (unpaired) electrons. The van der Waals surface area contributed by atoms with E-state index < -0.39 is 0 Å². The molecular formula is C27H36N6O3S. The van der Waals surface area contributed by atoms with Gasteiger partial charge in [0.05, 0.1) is 37.3 Å². The SMILES string of the molecule is COc1cccc(/C=C(\c2ccnc(NC3CCCN(C[C@H](CO)OC(C)C)C3)n2)n2ccsc2=N)c1. The Balaban J connectivity index is 1.54. The van der Waals surface area contributed by atoms with Gasteiger partial charge in [-0.15, -0.1) is 11.3 Å². The maximum atomic E-state index is 9.71. The number of benzene rings is 1. The molecule has 0 saturated carbocycles. The van der Waals surface area contributed by atoms with Crippen LogP contribution in [0, 0.1) is 5.41 Å². The second-order valence-electron chi connectivity index (χ2n) is 9.38. The number of anilines is 1. The number of thiazole rings is 1. The van der Waals surface area contributed by atoms with E-state index in [0.717, 1.165) is 48.6 Å². The first-order chi connectivity index (χ1) is 17.9. The zero-order valence-corrected chi connectivity index (χ0v) is 22.4. The number of piperidine rings is 1. The molecule has 3 aromatic rings. The zero-order valence-electron chi connectivity index (χ0n) is 21.6. The maximum absolute atomic E-state index is 9.71. The van der Waals surface area contributed by atoms with Crippen LogP contribution in [0.5, 0.6) is 5.75 Å². The molecule has 0 amide bonds. The lowest BCUT2D eigenvalue weighted by Crippen LogP contribution is -2.46. The number of aromatic nitrogens is 3. The van der Waals surface area contributed by atoms with Crippen molar-refractivity contribution in [3.05, 3.63) is 64.2 Å². The Labute approximate surface area is 221 Å². The minimum atomic E-state index is -0.190.